The minimum atomic E-state index is -1.43. The second-order valence-corrected chi connectivity index (χ2v) is 11.3. The highest BCUT2D eigenvalue weighted by Crippen LogP contribution is 2.21. The predicted molar refractivity (Wildman–Crippen MR) is 146 cm³/mol. The van der Waals surface area contributed by atoms with Gasteiger partial charge in [-0.05, 0) is 51.7 Å². The van der Waals surface area contributed by atoms with E-state index >= 15 is 0 Å². The third kappa shape index (κ3) is 7.50. The zero-order valence-corrected chi connectivity index (χ0v) is 23.8. The number of aliphatic hydroxyl groups is 1. The smallest absolute Gasteiger partial charge is 0.255 e. The zero-order chi connectivity index (χ0) is 29.6. The second kappa shape index (κ2) is 13.1. The Balaban J connectivity index is 1.97. The van der Waals surface area contributed by atoms with Gasteiger partial charge in [-0.2, -0.15) is 0 Å². The normalized spacial score (nSPS) is 26.5. The van der Waals surface area contributed by atoms with E-state index < -0.39 is 65.7 Å². The molecule has 3 rings (SSSR count). The van der Waals surface area contributed by atoms with Crippen LogP contribution in [0, 0.1) is 5.92 Å². The molecule has 12 heteroatoms. The Morgan fingerprint density at radius 3 is 2.50 bits per heavy atom. The van der Waals surface area contributed by atoms with Crippen molar-refractivity contribution in [3.8, 4) is 5.75 Å². The number of amides is 5. The van der Waals surface area contributed by atoms with Crippen LogP contribution in [0.5, 0.6) is 5.75 Å². The fourth-order valence-electron chi connectivity index (χ4n) is 4.82. The van der Waals surface area contributed by atoms with Crippen molar-refractivity contribution < 1.29 is 33.8 Å². The van der Waals surface area contributed by atoms with Gasteiger partial charge in [0.2, 0.25) is 23.6 Å². The number of benzene rings is 1. The predicted octanol–water partition coefficient (Wildman–Crippen LogP) is 0.0911. The summed E-state index contributed by atoms with van der Waals surface area (Å²) < 4.78 is 5.87. The molecule has 12 nitrogen and oxygen atoms in total. The Bertz CT molecular complexity index is 1120. The Kier molecular flexibility index (Phi) is 10.1. The van der Waals surface area contributed by atoms with E-state index in [1.165, 1.54) is 24.8 Å². The van der Waals surface area contributed by atoms with E-state index in [1.54, 1.807) is 39.0 Å². The molecule has 0 radical (unpaired) electrons. The van der Waals surface area contributed by atoms with Crippen molar-refractivity contribution >= 4 is 29.5 Å². The second-order valence-electron chi connectivity index (χ2n) is 11.3. The highest BCUT2D eigenvalue weighted by atomic mass is 16.5. The molecule has 0 aliphatic carbocycles. The first-order valence-electron chi connectivity index (χ1n) is 13.7. The van der Waals surface area contributed by atoms with E-state index in [1.807, 2.05) is 0 Å². The molecule has 0 unspecified atom stereocenters. The highest BCUT2D eigenvalue weighted by Gasteiger charge is 2.38. The molecule has 2 heterocycles. The molecular formula is C28H41N5O7. The van der Waals surface area contributed by atoms with E-state index in [9.17, 15) is 29.1 Å². The summed E-state index contributed by atoms with van der Waals surface area (Å²) in [6.07, 6.45) is 0.862. The van der Waals surface area contributed by atoms with Gasteiger partial charge < -0.3 is 36.0 Å². The maximum Gasteiger partial charge on any atom is 0.255 e. The third-order valence-electron chi connectivity index (χ3n) is 7.13. The van der Waals surface area contributed by atoms with Crippen molar-refractivity contribution in [3.63, 3.8) is 0 Å². The number of carbonyl (C=O) groups excluding carboxylic acids is 5. The maximum atomic E-state index is 13.5. The molecule has 1 aromatic carbocycles. The summed E-state index contributed by atoms with van der Waals surface area (Å²) in [5.41, 5.74) is -1.28. The molecule has 5 N–H and O–H groups in total. The van der Waals surface area contributed by atoms with Gasteiger partial charge in [-0.25, -0.2) is 0 Å². The molecule has 1 saturated heterocycles. The van der Waals surface area contributed by atoms with Gasteiger partial charge in [0.1, 0.15) is 30.0 Å². The van der Waals surface area contributed by atoms with Crippen LogP contribution in [0.15, 0.2) is 24.3 Å². The molecular weight excluding hydrogens is 518 g/mol. The minimum Gasteiger partial charge on any atom is -0.491 e. The quantitative estimate of drug-likeness (QED) is 0.350. The van der Waals surface area contributed by atoms with E-state index in [0.29, 0.717) is 19.4 Å². The Hall–Kier alpha value is -3.67. The molecule has 0 aromatic heterocycles. The number of carbonyl (C=O) groups is 5. The lowest BCUT2D eigenvalue weighted by Gasteiger charge is -2.31. The summed E-state index contributed by atoms with van der Waals surface area (Å²) in [7, 11) is 0. The van der Waals surface area contributed by atoms with Crippen LogP contribution in [-0.4, -0.2) is 89.0 Å². The lowest BCUT2D eigenvalue weighted by atomic mass is 9.98. The maximum absolute atomic E-state index is 13.5. The molecule has 0 spiro atoms. The lowest BCUT2D eigenvalue weighted by molar-refractivity contribution is -0.139. The number of para-hydroxylation sites is 1. The summed E-state index contributed by atoms with van der Waals surface area (Å²) in [4.78, 5) is 67.8. The lowest BCUT2D eigenvalue weighted by Crippen LogP contribution is -2.61. The number of likely N-dealkylation sites (tertiary alicyclic amines) is 1. The Morgan fingerprint density at radius 1 is 1.12 bits per heavy atom. The molecule has 0 bridgehead atoms. The van der Waals surface area contributed by atoms with Crippen molar-refractivity contribution in [1.29, 1.82) is 0 Å². The van der Waals surface area contributed by atoms with Crippen molar-refractivity contribution in [3.05, 3.63) is 29.8 Å². The Morgan fingerprint density at radius 2 is 1.82 bits per heavy atom. The van der Waals surface area contributed by atoms with Crippen LogP contribution in [0.4, 0.5) is 0 Å². The number of nitrogens with one attached hydrogen (secondary N) is 4. The average molecular weight is 560 g/mol. The van der Waals surface area contributed by atoms with Crippen molar-refractivity contribution in [1.82, 2.24) is 26.2 Å². The summed E-state index contributed by atoms with van der Waals surface area (Å²) in [5.74, 6) is -2.78. The highest BCUT2D eigenvalue weighted by molar-refractivity contribution is 6.01. The summed E-state index contributed by atoms with van der Waals surface area (Å²) >= 11 is 0. The monoisotopic (exact) mass is 559 g/mol. The van der Waals surface area contributed by atoms with Crippen LogP contribution in [-0.2, 0) is 19.2 Å². The largest absolute Gasteiger partial charge is 0.491 e. The molecule has 1 aromatic rings. The topological polar surface area (TPSA) is 166 Å². The number of ether oxygens (including phenoxy) is 1. The van der Waals surface area contributed by atoms with Gasteiger partial charge in [0.15, 0.2) is 0 Å². The van der Waals surface area contributed by atoms with Gasteiger partial charge in [0.05, 0.1) is 30.7 Å². The number of hydrogen-bond acceptors (Lipinski definition) is 7. The van der Waals surface area contributed by atoms with Gasteiger partial charge in [0, 0.05) is 6.54 Å². The number of fused-ring (bicyclic) bond motifs is 1. The first-order valence-corrected chi connectivity index (χ1v) is 13.7. The third-order valence-corrected chi connectivity index (χ3v) is 7.13. The summed E-state index contributed by atoms with van der Waals surface area (Å²) in [6, 6.07) is 3.47. The number of aliphatic hydroxyl groups excluding tert-OH is 1. The molecule has 2 aliphatic heterocycles. The SMILES string of the molecule is CC(C)[C@H]1NC(=O)C(C)(C)NC(=O)C[C@@H](C(=O)N2CCC[C@@H]2CO)NC(=O)c2ccccc2OC[C@H](C)NC1=O. The summed E-state index contributed by atoms with van der Waals surface area (Å²) in [6.45, 7) is 8.51. The molecule has 1 fully saturated rings. The molecule has 0 saturated carbocycles. The fraction of sp³-hybridized carbons (Fsp3) is 0.607. The molecule has 40 heavy (non-hydrogen) atoms. The van der Waals surface area contributed by atoms with Crippen molar-refractivity contribution in [2.45, 2.75) is 83.6 Å². The van der Waals surface area contributed by atoms with Gasteiger partial charge >= 0.3 is 0 Å². The van der Waals surface area contributed by atoms with Crippen LogP contribution in [0.2, 0.25) is 0 Å². The Labute approximate surface area is 234 Å². The fourth-order valence-corrected chi connectivity index (χ4v) is 4.82. The molecule has 4 atom stereocenters. The van der Waals surface area contributed by atoms with Crippen LogP contribution >= 0.6 is 0 Å². The zero-order valence-electron chi connectivity index (χ0n) is 23.8. The van der Waals surface area contributed by atoms with Crippen LogP contribution in [0.25, 0.3) is 0 Å². The molecule has 220 valence electrons. The van der Waals surface area contributed by atoms with Crippen molar-refractivity contribution in [2.75, 3.05) is 19.8 Å². The molecule has 2 aliphatic rings. The van der Waals surface area contributed by atoms with Gasteiger partial charge in [-0.3, -0.25) is 24.0 Å². The van der Waals surface area contributed by atoms with Crippen molar-refractivity contribution in [2.24, 2.45) is 5.92 Å². The van der Waals surface area contributed by atoms with E-state index in [2.05, 4.69) is 21.3 Å². The number of nitrogens with zero attached hydrogens (tertiary/aromatic N) is 1. The number of hydrogen-bond donors (Lipinski definition) is 5. The first-order chi connectivity index (χ1) is 18.8. The van der Waals surface area contributed by atoms with Gasteiger partial charge in [0.25, 0.3) is 5.91 Å². The first kappa shape index (κ1) is 30.9. The van der Waals surface area contributed by atoms with Crippen LogP contribution < -0.4 is 26.0 Å². The minimum absolute atomic E-state index is 0.0364. The van der Waals surface area contributed by atoms with Crippen LogP contribution in [0.1, 0.15) is 64.2 Å². The summed E-state index contributed by atoms with van der Waals surface area (Å²) in [5, 5.41) is 20.6. The van der Waals surface area contributed by atoms with E-state index in [-0.39, 0.29) is 30.4 Å². The van der Waals surface area contributed by atoms with E-state index in [4.69, 9.17) is 4.74 Å². The number of rotatable bonds is 3. The standard InChI is InChI=1S/C28H41N5O7/c1-16(2)23-25(37)29-17(3)15-40-21-11-7-6-10-19(21)24(36)30-20(26(38)33-12-8-9-18(33)14-34)13-22(35)32-28(4,5)27(39)31-23/h6-7,10-11,16-18,20,23,34H,8-9,12-15H2,1-5H3,(H,29,37)(H,30,36)(H,31,39)(H,32,35)/t17-,18+,20-,23+/m0/s1. The van der Waals surface area contributed by atoms with E-state index in [0.717, 1.165) is 0 Å². The van der Waals surface area contributed by atoms with Crippen LogP contribution in [0.3, 0.4) is 0 Å². The van der Waals surface area contributed by atoms with Gasteiger partial charge in [-0.1, -0.05) is 26.0 Å². The van der Waals surface area contributed by atoms with Gasteiger partial charge in [-0.15, -0.1) is 0 Å². The molecule has 5 amide bonds. The average Bonchev–Trinajstić information content (AvgIpc) is 3.37.